The molecular formula is C21H14ClN5O2S. The summed E-state index contributed by atoms with van der Waals surface area (Å²) < 4.78 is 5.33. The molecule has 2 aromatic carbocycles. The predicted octanol–water partition coefficient (Wildman–Crippen LogP) is 4.91. The lowest BCUT2D eigenvalue weighted by Crippen LogP contribution is -2.09. The van der Waals surface area contributed by atoms with Crippen molar-refractivity contribution >= 4 is 34.4 Å². The highest BCUT2D eigenvalue weighted by Crippen LogP contribution is 2.28. The van der Waals surface area contributed by atoms with Crippen molar-refractivity contribution in [2.45, 2.75) is 10.9 Å². The monoisotopic (exact) mass is 435 g/mol. The van der Waals surface area contributed by atoms with E-state index in [-0.39, 0.29) is 5.56 Å². The summed E-state index contributed by atoms with van der Waals surface area (Å²) in [7, 11) is 0. The van der Waals surface area contributed by atoms with Crippen LogP contribution in [0.1, 0.15) is 5.89 Å². The Bertz CT molecular complexity index is 1390. The standard InChI is InChI=1S/C21H14ClN5O2S/c22-15-9-5-4-8-13(15)19-24-16(29-27-19)11-30-21-25-17-14(12-6-2-1-3-7-12)10-23-18(17)20(28)26-21/h1-10,23H,11H2,(H,25,26,28). The summed E-state index contributed by atoms with van der Waals surface area (Å²) in [5.74, 6) is 1.19. The molecule has 9 heteroatoms. The number of hydrogen-bond acceptors (Lipinski definition) is 6. The molecule has 0 bridgehead atoms. The molecule has 0 aliphatic heterocycles. The van der Waals surface area contributed by atoms with Gasteiger partial charge in [0.05, 0.1) is 10.8 Å². The highest BCUT2D eigenvalue weighted by atomic mass is 35.5. The van der Waals surface area contributed by atoms with Crippen LogP contribution in [0.15, 0.2) is 75.3 Å². The van der Waals surface area contributed by atoms with E-state index in [1.165, 1.54) is 11.8 Å². The minimum absolute atomic E-state index is 0.230. The molecule has 7 nitrogen and oxygen atoms in total. The molecule has 0 unspecified atom stereocenters. The molecule has 0 saturated heterocycles. The molecule has 0 saturated carbocycles. The van der Waals surface area contributed by atoms with Crippen molar-refractivity contribution in [3.8, 4) is 22.5 Å². The average Bonchev–Trinajstić information content (AvgIpc) is 3.41. The first-order chi connectivity index (χ1) is 14.7. The topological polar surface area (TPSA) is 100 Å². The largest absolute Gasteiger partial charge is 0.355 e. The van der Waals surface area contributed by atoms with Crippen molar-refractivity contribution in [3.05, 3.63) is 82.1 Å². The van der Waals surface area contributed by atoms with Crippen molar-refractivity contribution < 1.29 is 4.52 Å². The first-order valence-electron chi connectivity index (χ1n) is 9.06. The number of aromatic nitrogens is 5. The van der Waals surface area contributed by atoms with Gasteiger partial charge in [-0.1, -0.05) is 71.0 Å². The van der Waals surface area contributed by atoms with Gasteiger partial charge in [-0.2, -0.15) is 4.98 Å². The number of thioether (sulfide) groups is 1. The molecule has 0 atom stereocenters. The quantitative estimate of drug-likeness (QED) is 0.300. The summed E-state index contributed by atoms with van der Waals surface area (Å²) in [6.45, 7) is 0. The molecular weight excluding hydrogens is 422 g/mol. The second kappa shape index (κ2) is 7.81. The second-order valence-electron chi connectivity index (χ2n) is 6.44. The molecule has 0 fully saturated rings. The van der Waals surface area contributed by atoms with E-state index in [9.17, 15) is 4.79 Å². The summed E-state index contributed by atoms with van der Waals surface area (Å²) >= 11 is 7.50. The van der Waals surface area contributed by atoms with Gasteiger partial charge < -0.3 is 9.51 Å². The van der Waals surface area contributed by atoms with Gasteiger partial charge in [0.2, 0.25) is 11.7 Å². The van der Waals surface area contributed by atoms with Gasteiger partial charge in [0.25, 0.3) is 5.56 Å². The summed E-state index contributed by atoms with van der Waals surface area (Å²) in [6, 6.07) is 17.1. The van der Waals surface area contributed by atoms with Gasteiger partial charge in [-0.15, -0.1) is 0 Å². The van der Waals surface area contributed by atoms with E-state index < -0.39 is 0 Å². The molecule has 3 aromatic heterocycles. The first-order valence-corrected chi connectivity index (χ1v) is 10.4. The van der Waals surface area contributed by atoms with Crippen LogP contribution in [0.4, 0.5) is 0 Å². The van der Waals surface area contributed by atoms with Crippen LogP contribution in [0.3, 0.4) is 0 Å². The second-order valence-corrected chi connectivity index (χ2v) is 7.81. The Morgan fingerprint density at radius 3 is 2.63 bits per heavy atom. The van der Waals surface area contributed by atoms with E-state index in [1.54, 1.807) is 12.3 Å². The molecule has 30 heavy (non-hydrogen) atoms. The van der Waals surface area contributed by atoms with Gasteiger partial charge in [0.1, 0.15) is 11.0 Å². The first kappa shape index (κ1) is 18.7. The molecule has 2 N–H and O–H groups in total. The number of halogens is 1. The number of aromatic amines is 2. The van der Waals surface area contributed by atoms with E-state index in [1.807, 2.05) is 48.5 Å². The third kappa shape index (κ3) is 3.51. The van der Waals surface area contributed by atoms with E-state index in [0.717, 1.165) is 11.1 Å². The number of nitrogens with zero attached hydrogens (tertiary/aromatic N) is 3. The Morgan fingerprint density at radius 2 is 1.80 bits per heavy atom. The van der Waals surface area contributed by atoms with Crippen LogP contribution in [-0.4, -0.2) is 25.1 Å². The zero-order valence-electron chi connectivity index (χ0n) is 15.4. The maximum atomic E-state index is 12.5. The lowest BCUT2D eigenvalue weighted by atomic mass is 10.1. The van der Waals surface area contributed by atoms with Crippen molar-refractivity contribution in [3.63, 3.8) is 0 Å². The van der Waals surface area contributed by atoms with Crippen molar-refractivity contribution in [2.75, 3.05) is 0 Å². The van der Waals surface area contributed by atoms with Gasteiger partial charge in [-0.05, 0) is 17.7 Å². The Balaban J connectivity index is 1.41. The van der Waals surface area contributed by atoms with Gasteiger partial charge in [-0.25, -0.2) is 4.98 Å². The third-order valence-corrected chi connectivity index (χ3v) is 5.70. The fourth-order valence-electron chi connectivity index (χ4n) is 3.10. The van der Waals surface area contributed by atoms with Crippen LogP contribution < -0.4 is 5.56 Å². The van der Waals surface area contributed by atoms with Crippen molar-refractivity contribution in [1.29, 1.82) is 0 Å². The van der Waals surface area contributed by atoms with Crippen LogP contribution in [0.5, 0.6) is 0 Å². The lowest BCUT2D eigenvalue weighted by Gasteiger charge is -2.01. The molecule has 3 heterocycles. The minimum atomic E-state index is -0.230. The highest BCUT2D eigenvalue weighted by molar-refractivity contribution is 7.98. The molecule has 0 radical (unpaired) electrons. The predicted molar refractivity (Wildman–Crippen MR) is 116 cm³/mol. The van der Waals surface area contributed by atoms with Crippen molar-refractivity contribution in [2.24, 2.45) is 0 Å². The Kier molecular flexibility index (Phi) is 4.86. The fraction of sp³-hybridized carbons (Fsp3) is 0.0476. The highest BCUT2D eigenvalue weighted by Gasteiger charge is 2.15. The van der Waals surface area contributed by atoms with E-state index in [2.05, 4.69) is 25.1 Å². The minimum Gasteiger partial charge on any atom is -0.355 e. The fourth-order valence-corrected chi connectivity index (χ4v) is 4.01. The van der Waals surface area contributed by atoms with Gasteiger partial charge in [0.15, 0.2) is 5.16 Å². The normalized spacial score (nSPS) is 11.2. The van der Waals surface area contributed by atoms with E-state index in [0.29, 0.717) is 44.2 Å². The lowest BCUT2D eigenvalue weighted by molar-refractivity contribution is 0.391. The van der Waals surface area contributed by atoms with E-state index in [4.69, 9.17) is 16.1 Å². The van der Waals surface area contributed by atoms with Gasteiger partial charge >= 0.3 is 0 Å². The van der Waals surface area contributed by atoms with E-state index >= 15 is 0 Å². The number of rotatable bonds is 5. The average molecular weight is 436 g/mol. The number of fused-ring (bicyclic) bond motifs is 1. The van der Waals surface area contributed by atoms with Crippen LogP contribution in [0, 0.1) is 0 Å². The van der Waals surface area contributed by atoms with Gasteiger partial charge in [0, 0.05) is 17.3 Å². The summed E-state index contributed by atoms with van der Waals surface area (Å²) in [4.78, 5) is 27.3. The summed E-state index contributed by atoms with van der Waals surface area (Å²) in [5.41, 5.74) is 3.39. The maximum absolute atomic E-state index is 12.5. The number of nitrogens with one attached hydrogen (secondary N) is 2. The third-order valence-electron chi connectivity index (χ3n) is 4.51. The smallest absolute Gasteiger partial charge is 0.275 e. The maximum Gasteiger partial charge on any atom is 0.275 e. The molecule has 0 amide bonds. The summed E-state index contributed by atoms with van der Waals surface area (Å²) in [6.07, 6.45) is 1.80. The molecule has 0 aliphatic carbocycles. The molecule has 5 aromatic rings. The van der Waals surface area contributed by atoms with Crippen LogP contribution in [0.2, 0.25) is 5.02 Å². The zero-order chi connectivity index (χ0) is 20.5. The Hall–Kier alpha value is -3.36. The van der Waals surface area contributed by atoms with Crippen LogP contribution in [0.25, 0.3) is 33.5 Å². The van der Waals surface area contributed by atoms with Crippen molar-refractivity contribution in [1.82, 2.24) is 25.1 Å². The molecule has 148 valence electrons. The molecule has 5 rings (SSSR count). The number of H-pyrrole nitrogens is 2. The SMILES string of the molecule is O=c1[nH]c(SCc2nc(-c3ccccc3Cl)no2)nc2c(-c3ccccc3)c[nH]c12. The number of benzene rings is 2. The summed E-state index contributed by atoms with van der Waals surface area (Å²) in [5, 5.41) is 5.02. The zero-order valence-corrected chi connectivity index (χ0v) is 17.0. The van der Waals surface area contributed by atoms with Crippen LogP contribution >= 0.6 is 23.4 Å². The van der Waals surface area contributed by atoms with Gasteiger partial charge in [-0.3, -0.25) is 9.78 Å². The number of hydrogen-bond donors (Lipinski definition) is 2. The Labute approximate surface area is 179 Å². The van der Waals surface area contributed by atoms with Crippen LogP contribution in [-0.2, 0) is 5.75 Å². The molecule has 0 spiro atoms. The molecule has 0 aliphatic rings. The Morgan fingerprint density at radius 1 is 1.00 bits per heavy atom.